The van der Waals surface area contributed by atoms with E-state index in [0.717, 1.165) is 19.3 Å². The number of hydrogen-bond donors (Lipinski definition) is 0. The summed E-state index contributed by atoms with van der Waals surface area (Å²) >= 11 is 0. The van der Waals surface area contributed by atoms with Gasteiger partial charge in [-0.15, -0.1) is 0 Å². The fourth-order valence-electron chi connectivity index (χ4n) is 2.68. The molecule has 0 aromatic carbocycles. The van der Waals surface area contributed by atoms with Gasteiger partial charge in [0.1, 0.15) is 0 Å². The van der Waals surface area contributed by atoms with Gasteiger partial charge in [-0.25, -0.2) is 0 Å². The van der Waals surface area contributed by atoms with Gasteiger partial charge in [0.2, 0.25) is 0 Å². The van der Waals surface area contributed by atoms with Crippen LogP contribution in [0.2, 0.25) is 0 Å². The molecule has 3 unspecified atom stereocenters. The van der Waals surface area contributed by atoms with E-state index in [-0.39, 0.29) is 11.9 Å². The molecule has 1 aliphatic carbocycles. The smallest absolute Gasteiger partial charge is 0.325 e. The van der Waals surface area contributed by atoms with E-state index in [1.807, 2.05) is 0 Å². The third-order valence-corrected chi connectivity index (χ3v) is 3.82. The first-order valence-electron chi connectivity index (χ1n) is 6.22. The summed E-state index contributed by atoms with van der Waals surface area (Å²) in [5.41, 5.74) is 0. The molecule has 0 aliphatic heterocycles. The first kappa shape index (κ1) is 14.1. The molecule has 1 aliphatic rings. The van der Waals surface area contributed by atoms with E-state index >= 15 is 0 Å². The van der Waals surface area contributed by atoms with Crippen molar-refractivity contribution in [2.45, 2.75) is 39.0 Å². The number of carbonyl (C=O) groups is 2. The van der Waals surface area contributed by atoms with Gasteiger partial charge in [-0.2, -0.15) is 0 Å². The first-order chi connectivity index (χ1) is 8.08. The number of rotatable bonds is 6. The average molecular weight is 238 g/mol. The zero-order chi connectivity index (χ0) is 12.8. The molecule has 0 bridgehead atoms. The number of carbonyl (C=O) groups excluding carboxylic acids is 2. The lowest BCUT2D eigenvalue weighted by Gasteiger charge is -2.43. The molecule has 0 saturated heterocycles. The van der Waals surface area contributed by atoms with Crippen LogP contribution in [0.25, 0.3) is 0 Å². The van der Waals surface area contributed by atoms with Crippen molar-refractivity contribution in [3.8, 4) is 0 Å². The normalized spacial score (nSPS) is 27.0. The van der Waals surface area contributed by atoms with E-state index in [1.54, 1.807) is 0 Å². The Morgan fingerprint density at radius 3 is 2.41 bits per heavy atom. The molecule has 0 N–H and O–H groups in total. The zero-order valence-electron chi connectivity index (χ0n) is 10.9. The minimum absolute atomic E-state index is 0.125. The Bertz CT molecular complexity index is 283. The van der Waals surface area contributed by atoms with Crippen LogP contribution < -0.4 is 0 Å². The summed E-state index contributed by atoms with van der Waals surface area (Å²) in [5, 5.41) is 0. The summed E-state index contributed by atoms with van der Waals surface area (Å²) in [7, 11) is 2.84. The highest BCUT2D eigenvalue weighted by molar-refractivity contribution is 6.05. The maximum Gasteiger partial charge on any atom is 0.325 e. The van der Waals surface area contributed by atoms with Crippen molar-refractivity contribution < 1.29 is 18.9 Å². The van der Waals surface area contributed by atoms with Crippen LogP contribution in [0.4, 0.5) is 0 Å². The van der Waals surface area contributed by atoms with E-state index in [1.165, 1.54) is 16.1 Å². The Kier molecular flexibility index (Phi) is 5.59. The van der Waals surface area contributed by atoms with Crippen LogP contribution in [0.5, 0.6) is 0 Å². The molecule has 0 amide bonds. The molecule has 0 heterocycles. The third kappa shape index (κ3) is 4.10. The minimum Gasteiger partial charge on any atom is -0.543 e. The van der Waals surface area contributed by atoms with Gasteiger partial charge >= 0.3 is 16.1 Å². The molecular weight excluding hydrogens is 218 g/mol. The van der Waals surface area contributed by atoms with Gasteiger partial charge in [0.15, 0.2) is 0 Å². The topological polar surface area (TPSA) is 52.6 Å². The van der Waals surface area contributed by atoms with Crippen molar-refractivity contribution in [3.63, 3.8) is 0 Å². The molecule has 0 aromatic heterocycles. The summed E-state index contributed by atoms with van der Waals surface area (Å²) in [5.74, 6) is 1.31. The molecule has 1 rings (SSSR count). The van der Waals surface area contributed by atoms with E-state index in [4.69, 9.17) is 4.65 Å². The third-order valence-electron chi connectivity index (χ3n) is 3.82. The maximum absolute atomic E-state index is 11.2. The molecule has 0 aromatic rings. The average Bonchev–Trinajstić information content (AvgIpc) is 2.34. The zero-order valence-corrected chi connectivity index (χ0v) is 10.9. The SMILES string of the molecule is BOC(=O)CCCC1CC(C)C1CC(=O)OB. The highest BCUT2D eigenvalue weighted by Crippen LogP contribution is 2.45. The van der Waals surface area contributed by atoms with Crippen molar-refractivity contribution in [1.82, 2.24) is 0 Å². The van der Waals surface area contributed by atoms with Crippen LogP contribution in [0.3, 0.4) is 0 Å². The summed E-state index contributed by atoms with van der Waals surface area (Å²) in [6.07, 6.45) is 4.00. The largest absolute Gasteiger partial charge is 0.543 e. The predicted octanol–water partition coefficient (Wildman–Crippen LogP) is 0.00160. The molecule has 4 nitrogen and oxygen atoms in total. The van der Waals surface area contributed by atoms with Gasteiger partial charge in [-0.1, -0.05) is 6.92 Å². The van der Waals surface area contributed by atoms with Crippen molar-refractivity contribution >= 4 is 28.0 Å². The van der Waals surface area contributed by atoms with Crippen molar-refractivity contribution in [2.75, 3.05) is 0 Å². The van der Waals surface area contributed by atoms with Gasteiger partial charge < -0.3 is 9.31 Å². The summed E-state index contributed by atoms with van der Waals surface area (Å²) in [4.78, 5) is 22.2. The van der Waals surface area contributed by atoms with E-state index in [0.29, 0.717) is 30.6 Å². The number of hydrogen-bond acceptors (Lipinski definition) is 4. The van der Waals surface area contributed by atoms with E-state index in [9.17, 15) is 9.59 Å². The lowest BCUT2D eigenvalue weighted by Crippen LogP contribution is -2.36. The summed E-state index contributed by atoms with van der Waals surface area (Å²) < 4.78 is 9.30. The fraction of sp³-hybridized carbons (Fsp3) is 0.818. The monoisotopic (exact) mass is 238 g/mol. The van der Waals surface area contributed by atoms with Gasteiger partial charge in [0.05, 0.1) is 0 Å². The molecular formula is C11H20B2O4. The maximum atomic E-state index is 11.2. The lowest BCUT2D eigenvalue weighted by molar-refractivity contribution is -0.138. The molecule has 17 heavy (non-hydrogen) atoms. The molecule has 6 heteroatoms. The Labute approximate surface area is 104 Å². The summed E-state index contributed by atoms with van der Waals surface area (Å²) in [6, 6.07) is 0. The molecule has 3 atom stereocenters. The standard InChI is InChI=1S/C11H20B2O4/c1-7-5-8(3-2-4-10(14)16-12)9(7)6-11(15)17-13/h7-9H,2-6,12-13H2,1H3. The van der Waals surface area contributed by atoms with Crippen LogP contribution in [0.15, 0.2) is 0 Å². The Morgan fingerprint density at radius 2 is 1.88 bits per heavy atom. The molecule has 1 fully saturated rings. The highest BCUT2D eigenvalue weighted by atomic mass is 16.5. The van der Waals surface area contributed by atoms with Gasteiger partial charge in [0, 0.05) is 12.8 Å². The van der Waals surface area contributed by atoms with Gasteiger partial charge in [0.25, 0.3) is 11.9 Å². The summed E-state index contributed by atoms with van der Waals surface area (Å²) in [6.45, 7) is 2.17. The Hall–Kier alpha value is -0.930. The van der Waals surface area contributed by atoms with Crippen LogP contribution in [-0.4, -0.2) is 28.0 Å². The molecule has 94 valence electrons. The lowest BCUT2D eigenvalue weighted by atomic mass is 9.62. The van der Waals surface area contributed by atoms with E-state index < -0.39 is 0 Å². The molecule has 1 saturated carbocycles. The van der Waals surface area contributed by atoms with Crippen molar-refractivity contribution in [2.24, 2.45) is 17.8 Å². The minimum atomic E-state index is -0.151. The van der Waals surface area contributed by atoms with Gasteiger partial charge in [-0.3, -0.25) is 9.59 Å². The predicted molar refractivity (Wildman–Crippen MR) is 68.5 cm³/mol. The second kappa shape index (κ2) is 6.72. The highest BCUT2D eigenvalue weighted by Gasteiger charge is 2.38. The van der Waals surface area contributed by atoms with Crippen LogP contribution in [0.1, 0.15) is 39.0 Å². The second-order valence-corrected chi connectivity index (χ2v) is 4.89. The quantitative estimate of drug-likeness (QED) is 0.611. The van der Waals surface area contributed by atoms with Crippen molar-refractivity contribution in [3.05, 3.63) is 0 Å². The molecule has 0 radical (unpaired) electrons. The first-order valence-corrected chi connectivity index (χ1v) is 6.22. The van der Waals surface area contributed by atoms with Crippen LogP contribution in [-0.2, 0) is 18.9 Å². The Balaban J connectivity index is 2.25. The fourth-order valence-corrected chi connectivity index (χ4v) is 2.68. The van der Waals surface area contributed by atoms with Gasteiger partial charge in [-0.05, 0) is 37.0 Å². The van der Waals surface area contributed by atoms with Crippen molar-refractivity contribution in [1.29, 1.82) is 0 Å². The molecule has 0 spiro atoms. The Morgan fingerprint density at radius 1 is 1.24 bits per heavy atom. The second-order valence-electron chi connectivity index (χ2n) is 4.89. The van der Waals surface area contributed by atoms with Crippen LogP contribution in [0, 0.1) is 17.8 Å². The van der Waals surface area contributed by atoms with Crippen LogP contribution >= 0.6 is 0 Å². The van der Waals surface area contributed by atoms with E-state index in [2.05, 4.69) is 11.6 Å².